The summed E-state index contributed by atoms with van der Waals surface area (Å²) in [5.74, 6) is 1.02. The van der Waals surface area contributed by atoms with Gasteiger partial charge < -0.3 is 19.2 Å². The van der Waals surface area contributed by atoms with Crippen LogP contribution in [0.2, 0.25) is 0 Å². The largest absolute Gasteiger partial charge is 0.468 e. The number of ether oxygens (including phenoxy) is 2. The molecule has 0 aliphatic rings. The Kier molecular flexibility index (Phi) is 9.34. The topological polar surface area (TPSA) is 46.9 Å². The van der Waals surface area contributed by atoms with Crippen LogP contribution in [-0.4, -0.2) is 51.5 Å². The van der Waals surface area contributed by atoms with Gasteiger partial charge in [-0.1, -0.05) is 6.92 Å². The summed E-state index contributed by atoms with van der Waals surface area (Å²) in [6, 6.07) is 2.40. The van der Waals surface area contributed by atoms with Crippen molar-refractivity contribution in [2.75, 3.05) is 40.5 Å². The van der Waals surface area contributed by atoms with Crippen molar-refractivity contribution in [3.63, 3.8) is 0 Å². The average molecular weight is 298 g/mol. The zero-order valence-electron chi connectivity index (χ0n) is 13.9. The van der Waals surface area contributed by atoms with Gasteiger partial charge in [-0.05, 0) is 26.0 Å². The van der Waals surface area contributed by atoms with Crippen LogP contribution in [0.1, 0.15) is 31.6 Å². The first-order valence-electron chi connectivity index (χ1n) is 7.70. The van der Waals surface area contributed by atoms with Gasteiger partial charge in [0.1, 0.15) is 5.76 Å². The van der Waals surface area contributed by atoms with Crippen LogP contribution >= 0.6 is 0 Å². The standard InChI is InChI=1S/C16H30N2O3/c1-5-7-17-11-16-15(6-9-21-16)12-18(8-10-19-3)14(2)13-20-4/h6,9,14,17H,5,7-8,10-13H2,1-4H3. The molecule has 1 unspecified atom stereocenters. The van der Waals surface area contributed by atoms with Crippen LogP contribution in [0.5, 0.6) is 0 Å². The molecule has 5 nitrogen and oxygen atoms in total. The molecule has 1 heterocycles. The van der Waals surface area contributed by atoms with Crippen LogP contribution < -0.4 is 5.32 Å². The minimum Gasteiger partial charge on any atom is -0.468 e. The molecule has 0 saturated heterocycles. The van der Waals surface area contributed by atoms with Gasteiger partial charge in [0.2, 0.25) is 0 Å². The third kappa shape index (κ3) is 6.61. The van der Waals surface area contributed by atoms with Crippen LogP contribution in [0.4, 0.5) is 0 Å². The molecule has 0 amide bonds. The van der Waals surface area contributed by atoms with E-state index in [9.17, 15) is 0 Å². The van der Waals surface area contributed by atoms with E-state index in [2.05, 4.69) is 30.1 Å². The van der Waals surface area contributed by atoms with Gasteiger partial charge >= 0.3 is 0 Å². The van der Waals surface area contributed by atoms with Crippen molar-refractivity contribution >= 4 is 0 Å². The minimum atomic E-state index is 0.344. The number of hydrogen-bond donors (Lipinski definition) is 1. The SMILES string of the molecule is CCCNCc1occc1CN(CCOC)C(C)COC. The quantitative estimate of drug-likeness (QED) is 0.600. The molecule has 0 aliphatic heterocycles. The lowest BCUT2D eigenvalue weighted by Gasteiger charge is -2.28. The molecule has 0 radical (unpaired) electrons. The molecule has 122 valence electrons. The van der Waals surface area contributed by atoms with Gasteiger partial charge in [0, 0.05) is 38.9 Å². The summed E-state index contributed by atoms with van der Waals surface area (Å²) in [5, 5.41) is 3.39. The van der Waals surface area contributed by atoms with E-state index >= 15 is 0 Å². The molecule has 1 aromatic heterocycles. The maximum absolute atomic E-state index is 5.60. The first-order valence-corrected chi connectivity index (χ1v) is 7.70. The van der Waals surface area contributed by atoms with Crippen molar-refractivity contribution in [2.24, 2.45) is 0 Å². The second kappa shape index (κ2) is 10.8. The van der Waals surface area contributed by atoms with E-state index in [1.165, 1.54) is 5.56 Å². The van der Waals surface area contributed by atoms with Gasteiger partial charge in [-0.2, -0.15) is 0 Å². The third-order valence-electron chi connectivity index (χ3n) is 3.54. The van der Waals surface area contributed by atoms with E-state index in [1.807, 2.05) is 0 Å². The molecule has 1 N–H and O–H groups in total. The van der Waals surface area contributed by atoms with Crippen LogP contribution in [0.25, 0.3) is 0 Å². The van der Waals surface area contributed by atoms with E-state index in [0.717, 1.165) is 45.0 Å². The monoisotopic (exact) mass is 298 g/mol. The second-order valence-electron chi connectivity index (χ2n) is 5.31. The highest BCUT2D eigenvalue weighted by atomic mass is 16.5. The van der Waals surface area contributed by atoms with E-state index in [0.29, 0.717) is 12.6 Å². The van der Waals surface area contributed by atoms with Gasteiger partial charge in [0.25, 0.3) is 0 Å². The summed E-state index contributed by atoms with van der Waals surface area (Å²) in [5.41, 5.74) is 1.23. The summed E-state index contributed by atoms with van der Waals surface area (Å²) in [7, 11) is 3.47. The van der Waals surface area contributed by atoms with Gasteiger partial charge in [0.15, 0.2) is 0 Å². The van der Waals surface area contributed by atoms with Gasteiger partial charge in [-0.15, -0.1) is 0 Å². The van der Waals surface area contributed by atoms with E-state index < -0.39 is 0 Å². The number of rotatable bonds is 12. The van der Waals surface area contributed by atoms with E-state index in [-0.39, 0.29) is 0 Å². The Labute approximate surface area is 128 Å². The summed E-state index contributed by atoms with van der Waals surface area (Å²) < 4.78 is 16.1. The molecule has 1 rings (SSSR count). The molecule has 0 bridgehead atoms. The lowest BCUT2D eigenvalue weighted by molar-refractivity contribution is 0.0701. The molecule has 1 atom stereocenters. The highest BCUT2D eigenvalue weighted by Crippen LogP contribution is 2.15. The lowest BCUT2D eigenvalue weighted by atomic mass is 10.2. The fourth-order valence-corrected chi connectivity index (χ4v) is 2.27. The van der Waals surface area contributed by atoms with Crippen molar-refractivity contribution < 1.29 is 13.9 Å². The smallest absolute Gasteiger partial charge is 0.122 e. The molecular formula is C16H30N2O3. The Balaban J connectivity index is 2.62. The van der Waals surface area contributed by atoms with Crippen molar-refractivity contribution in [3.8, 4) is 0 Å². The van der Waals surface area contributed by atoms with Crippen LogP contribution in [0.3, 0.4) is 0 Å². The molecule has 0 fully saturated rings. The highest BCUT2D eigenvalue weighted by molar-refractivity contribution is 5.17. The zero-order valence-corrected chi connectivity index (χ0v) is 13.9. The number of hydrogen-bond acceptors (Lipinski definition) is 5. The molecule has 0 aromatic carbocycles. The second-order valence-corrected chi connectivity index (χ2v) is 5.31. The predicted octanol–water partition coefficient (Wildman–Crippen LogP) is 2.26. The maximum Gasteiger partial charge on any atom is 0.122 e. The molecule has 0 spiro atoms. The Hall–Kier alpha value is -0.880. The number of nitrogens with one attached hydrogen (secondary N) is 1. The first kappa shape index (κ1) is 18.2. The summed E-state index contributed by atoms with van der Waals surface area (Å²) in [4.78, 5) is 2.36. The maximum atomic E-state index is 5.60. The summed E-state index contributed by atoms with van der Waals surface area (Å²) in [6.07, 6.45) is 2.90. The van der Waals surface area contributed by atoms with E-state index in [4.69, 9.17) is 13.9 Å². The average Bonchev–Trinajstić information content (AvgIpc) is 2.91. The van der Waals surface area contributed by atoms with Crippen LogP contribution in [0.15, 0.2) is 16.7 Å². The van der Waals surface area contributed by atoms with Crippen LogP contribution in [-0.2, 0) is 22.6 Å². The van der Waals surface area contributed by atoms with Crippen molar-refractivity contribution in [3.05, 3.63) is 23.7 Å². The van der Waals surface area contributed by atoms with Crippen molar-refractivity contribution in [1.29, 1.82) is 0 Å². The minimum absolute atomic E-state index is 0.344. The zero-order chi connectivity index (χ0) is 15.5. The molecule has 5 heteroatoms. The van der Waals surface area contributed by atoms with Crippen molar-refractivity contribution in [2.45, 2.75) is 39.4 Å². The third-order valence-corrected chi connectivity index (χ3v) is 3.54. The van der Waals surface area contributed by atoms with Gasteiger partial charge in [-0.3, -0.25) is 4.90 Å². The Bertz CT molecular complexity index is 368. The van der Waals surface area contributed by atoms with Crippen molar-refractivity contribution in [1.82, 2.24) is 10.2 Å². The fourth-order valence-electron chi connectivity index (χ4n) is 2.27. The molecular weight excluding hydrogens is 268 g/mol. The number of nitrogens with zero attached hydrogens (tertiary/aromatic N) is 1. The first-order chi connectivity index (χ1) is 10.2. The summed E-state index contributed by atoms with van der Waals surface area (Å²) in [6.45, 7) is 9.30. The molecule has 21 heavy (non-hydrogen) atoms. The fraction of sp³-hybridized carbons (Fsp3) is 0.750. The van der Waals surface area contributed by atoms with E-state index in [1.54, 1.807) is 20.5 Å². The Morgan fingerprint density at radius 3 is 2.81 bits per heavy atom. The predicted molar refractivity (Wildman–Crippen MR) is 84.3 cm³/mol. The molecule has 0 saturated carbocycles. The van der Waals surface area contributed by atoms with Gasteiger partial charge in [-0.25, -0.2) is 0 Å². The van der Waals surface area contributed by atoms with Crippen LogP contribution in [0, 0.1) is 0 Å². The highest BCUT2D eigenvalue weighted by Gasteiger charge is 2.17. The lowest BCUT2D eigenvalue weighted by Crippen LogP contribution is -2.38. The van der Waals surface area contributed by atoms with Gasteiger partial charge in [0.05, 0.1) is 26.0 Å². The molecule has 1 aromatic rings. The summed E-state index contributed by atoms with van der Waals surface area (Å²) >= 11 is 0. The Morgan fingerprint density at radius 1 is 1.33 bits per heavy atom. The molecule has 0 aliphatic carbocycles. The normalized spacial score (nSPS) is 13.0. The number of furan rings is 1. The number of methoxy groups -OCH3 is 2. The Morgan fingerprint density at radius 2 is 2.14 bits per heavy atom.